The van der Waals surface area contributed by atoms with E-state index in [1.165, 1.54) is 17.2 Å². The molecule has 0 saturated carbocycles. The molecule has 0 bridgehead atoms. The summed E-state index contributed by atoms with van der Waals surface area (Å²) in [7, 11) is 0. The number of amides is 1. The van der Waals surface area contributed by atoms with Crippen molar-refractivity contribution in [3.05, 3.63) is 58.0 Å². The topological polar surface area (TPSA) is 70.9 Å². The highest BCUT2D eigenvalue weighted by atomic mass is 19.1. The summed E-state index contributed by atoms with van der Waals surface area (Å²) in [6, 6.07) is 7.26. The van der Waals surface area contributed by atoms with Gasteiger partial charge >= 0.3 is 0 Å². The highest BCUT2D eigenvalue weighted by molar-refractivity contribution is 6.11. The zero-order chi connectivity index (χ0) is 17.7. The summed E-state index contributed by atoms with van der Waals surface area (Å²) in [6.45, 7) is 5.53. The molecule has 3 aromatic rings. The third-order valence-electron chi connectivity index (χ3n) is 5.20. The Labute approximate surface area is 145 Å². The van der Waals surface area contributed by atoms with E-state index < -0.39 is 11.7 Å². The SMILES string of the molecule is Cc1[nH]c2c(C(N)=O)cc(F)c(-c3cccc4c3CCNC4)c2c1C. The van der Waals surface area contributed by atoms with Crippen molar-refractivity contribution < 1.29 is 9.18 Å². The van der Waals surface area contributed by atoms with Crippen molar-refractivity contribution in [2.24, 2.45) is 5.73 Å². The monoisotopic (exact) mass is 337 g/mol. The van der Waals surface area contributed by atoms with Gasteiger partial charge in [-0.3, -0.25) is 4.79 Å². The van der Waals surface area contributed by atoms with Crippen LogP contribution in [0.3, 0.4) is 0 Å². The summed E-state index contributed by atoms with van der Waals surface area (Å²) >= 11 is 0. The molecule has 1 aliphatic rings. The van der Waals surface area contributed by atoms with Crippen molar-refractivity contribution >= 4 is 16.8 Å². The van der Waals surface area contributed by atoms with Gasteiger partial charge in [-0.2, -0.15) is 0 Å². The van der Waals surface area contributed by atoms with E-state index in [9.17, 15) is 4.79 Å². The van der Waals surface area contributed by atoms with Crippen molar-refractivity contribution in [2.45, 2.75) is 26.8 Å². The molecule has 4 rings (SSSR count). The standard InChI is InChI=1S/C20H20FN3O/c1-10-11(2)24-19-15(20(22)25)8-16(21)18(17(10)19)14-5-3-4-12-9-23-7-6-13(12)14/h3-5,8,23-24H,6-7,9H2,1-2H3,(H2,22,25). The predicted molar refractivity (Wildman–Crippen MR) is 97.1 cm³/mol. The van der Waals surface area contributed by atoms with E-state index in [-0.39, 0.29) is 5.56 Å². The van der Waals surface area contributed by atoms with Gasteiger partial charge in [0.15, 0.2) is 0 Å². The van der Waals surface area contributed by atoms with Gasteiger partial charge < -0.3 is 16.0 Å². The molecule has 0 spiro atoms. The van der Waals surface area contributed by atoms with E-state index >= 15 is 4.39 Å². The number of fused-ring (bicyclic) bond motifs is 2. The van der Waals surface area contributed by atoms with Gasteiger partial charge in [0, 0.05) is 23.2 Å². The minimum absolute atomic E-state index is 0.193. The third-order valence-corrected chi connectivity index (χ3v) is 5.20. The summed E-state index contributed by atoms with van der Waals surface area (Å²) in [5.74, 6) is -1.04. The molecule has 0 saturated heterocycles. The first-order chi connectivity index (χ1) is 12.0. The van der Waals surface area contributed by atoms with Crippen LogP contribution < -0.4 is 11.1 Å². The van der Waals surface area contributed by atoms with E-state index in [0.29, 0.717) is 11.1 Å². The Balaban J connectivity index is 2.12. The number of aromatic nitrogens is 1. The Kier molecular flexibility index (Phi) is 3.62. The molecule has 2 heterocycles. The number of carbonyl (C=O) groups excluding carboxylic acids is 1. The fourth-order valence-electron chi connectivity index (χ4n) is 3.85. The Hall–Kier alpha value is -2.66. The minimum Gasteiger partial charge on any atom is -0.366 e. The number of halogens is 1. The molecule has 0 aliphatic carbocycles. The van der Waals surface area contributed by atoms with Gasteiger partial charge in [-0.25, -0.2) is 4.39 Å². The summed E-state index contributed by atoms with van der Waals surface area (Å²) in [4.78, 5) is 15.0. The molecule has 0 radical (unpaired) electrons. The summed E-state index contributed by atoms with van der Waals surface area (Å²) < 4.78 is 15.1. The van der Waals surface area contributed by atoms with E-state index in [1.807, 2.05) is 26.0 Å². The molecular weight excluding hydrogens is 317 g/mol. The smallest absolute Gasteiger partial charge is 0.250 e. The molecule has 1 aliphatic heterocycles. The average molecular weight is 337 g/mol. The van der Waals surface area contributed by atoms with Gasteiger partial charge in [0.05, 0.1) is 11.1 Å². The fourth-order valence-corrected chi connectivity index (χ4v) is 3.85. The molecule has 4 N–H and O–H groups in total. The second-order valence-corrected chi connectivity index (χ2v) is 6.64. The number of carbonyl (C=O) groups is 1. The van der Waals surface area contributed by atoms with Crippen molar-refractivity contribution in [3.63, 3.8) is 0 Å². The first kappa shape index (κ1) is 15.8. The van der Waals surface area contributed by atoms with Crippen molar-refractivity contribution in [1.29, 1.82) is 0 Å². The van der Waals surface area contributed by atoms with Gasteiger partial charge in [-0.05, 0) is 55.1 Å². The van der Waals surface area contributed by atoms with E-state index in [2.05, 4.69) is 16.4 Å². The van der Waals surface area contributed by atoms with Gasteiger partial charge in [0.25, 0.3) is 5.91 Å². The van der Waals surface area contributed by atoms with Crippen LogP contribution in [0.2, 0.25) is 0 Å². The summed E-state index contributed by atoms with van der Waals surface area (Å²) in [6.07, 6.45) is 0.854. The Morgan fingerprint density at radius 1 is 1.28 bits per heavy atom. The Morgan fingerprint density at radius 2 is 2.08 bits per heavy atom. The molecule has 2 aromatic carbocycles. The average Bonchev–Trinajstić information content (AvgIpc) is 2.89. The molecule has 0 atom stereocenters. The maximum atomic E-state index is 15.1. The molecule has 25 heavy (non-hydrogen) atoms. The lowest BCUT2D eigenvalue weighted by atomic mass is 9.88. The maximum absolute atomic E-state index is 15.1. The molecule has 1 aromatic heterocycles. The number of H-pyrrole nitrogens is 1. The normalized spacial score (nSPS) is 13.9. The van der Waals surface area contributed by atoms with E-state index in [1.54, 1.807) is 0 Å². The van der Waals surface area contributed by atoms with Crippen molar-refractivity contribution in [2.75, 3.05) is 6.54 Å². The minimum atomic E-state index is -0.629. The first-order valence-corrected chi connectivity index (χ1v) is 8.42. The van der Waals surface area contributed by atoms with Crippen LogP contribution in [0, 0.1) is 19.7 Å². The van der Waals surface area contributed by atoms with Crippen LogP contribution in [0.25, 0.3) is 22.0 Å². The molecule has 128 valence electrons. The highest BCUT2D eigenvalue weighted by Gasteiger charge is 2.23. The third kappa shape index (κ3) is 2.35. The number of nitrogens with two attached hydrogens (primary N) is 1. The molecule has 0 unspecified atom stereocenters. The largest absolute Gasteiger partial charge is 0.366 e. The van der Waals surface area contributed by atoms with Crippen LogP contribution in [0.4, 0.5) is 4.39 Å². The van der Waals surface area contributed by atoms with Crippen LogP contribution in [0.5, 0.6) is 0 Å². The zero-order valence-electron chi connectivity index (χ0n) is 14.3. The van der Waals surface area contributed by atoms with Crippen LogP contribution in [-0.4, -0.2) is 17.4 Å². The van der Waals surface area contributed by atoms with Gasteiger partial charge in [0.1, 0.15) is 5.82 Å². The predicted octanol–water partition coefficient (Wildman–Crippen LogP) is 3.34. The number of primary amides is 1. The second-order valence-electron chi connectivity index (χ2n) is 6.64. The molecular formula is C20H20FN3O. The van der Waals surface area contributed by atoms with Crippen molar-refractivity contribution in [1.82, 2.24) is 10.3 Å². The number of nitrogens with one attached hydrogen (secondary N) is 2. The van der Waals surface area contributed by atoms with Gasteiger partial charge in [-0.15, -0.1) is 0 Å². The maximum Gasteiger partial charge on any atom is 0.250 e. The van der Waals surface area contributed by atoms with Gasteiger partial charge in [0.2, 0.25) is 0 Å². The number of rotatable bonds is 2. The van der Waals surface area contributed by atoms with Crippen molar-refractivity contribution in [3.8, 4) is 11.1 Å². The van der Waals surface area contributed by atoms with Crippen LogP contribution >= 0.6 is 0 Å². The van der Waals surface area contributed by atoms with Crippen LogP contribution in [0.1, 0.15) is 32.7 Å². The van der Waals surface area contributed by atoms with E-state index in [0.717, 1.165) is 41.7 Å². The van der Waals surface area contributed by atoms with E-state index in [4.69, 9.17) is 5.73 Å². The van der Waals surface area contributed by atoms with Crippen LogP contribution in [0.15, 0.2) is 24.3 Å². The van der Waals surface area contributed by atoms with Crippen LogP contribution in [-0.2, 0) is 13.0 Å². The molecule has 5 heteroatoms. The number of hydrogen-bond donors (Lipinski definition) is 3. The quantitative estimate of drug-likeness (QED) is 0.671. The number of benzene rings is 2. The zero-order valence-corrected chi connectivity index (χ0v) is 14.3. The summed E-state index contributed by atoms with van der Waals surface area (Å²) in [5, 5.41) is 4.10. The lowest BCUT2D eigenvalue weighted by molar-refractivity contribution is 0.100. The van der Waals surface area contributed by atoms with Gasteiger partial charge in [-0.1, -0.05) is 18.2 Å². The molecule has 4 nitrogen and oxygen atoms in total. The Bertz CT molecular complexity index is 1020. The highest BCUT2D eigenvalue weighted by Crippen LogP contribution is 2.39. The Morgan fingerprint density at radius 3 is 2.84 bits per heavy atom. The molecule has 1 amide bonds. The first-order valence-electron chi connectivity index (χ1n) is 8.42. The second kappa shape index (κ2) is 5.70. The fraction of sp³-hybridized carbons (Fsp3) is 0.250. The lowest BCUT2D eigenvalue weighted by Crippen LogP contribution is -2.24. The molecule has 0 fully saturated rings. The lowest BCUT2D eigenvalue weighted by Gasteiger charge is -2.21. The number of aryl methyl sites for hydroxylation is 2. The number of aromatic amines is 1. The number of hydrogen-bond acceptors (Lipinski definition) is 2. The summed E-state index contributed by atoms with van der Waals surface area (Å²) in [5.41, 5.74) is 12.0.